The molecule has 0 bridgehead atoms. The van der Waals surface area contributed by atoms with Crippen LogP contribution in [0, 0.1) is 5.92 Å². The van der Waals surface area contributed by atoms with E-state index in [0.717, 1.165) is 32.2 Å². The van der Waals surface area contributed by atoms with Crippen LogP contribution >= 0.6 is 0 Å². The van der Waals surface area contributed by atoms with Gasteiger partial charge >= 0.3 is 6.03 Å². The van der Waals surface area contributed by atoms with Crippen molar-refractivity contribution in [2.24, 2.45) is 5.92 Å². The minimum absolute atomic E-state index is 0.0339. The van der Waals surface area contributed by atoms with Crippen molar-refractivity contribution in [3.05, 3.63) is 0 Å². The quantitative estimate of drug-likeness (QED) is 0.727. The van der Waals surface area contributed by atoms with E-state index in [9.17, 15) is 9.90 Å². The molecule has 1 unspecified atom stereocenters. The number of carbonyl (C=O) groups excluding carboxylic acids is 1. The average molecular weight is 297 g/mol. The molecule has 0 radical (unpaired) electrons. The molecule has 5 nitrogen and oxygen atoms in total. The molecule has 2 amide bonds. The van der Waals surface area contributed by atoms with Crippen LogP contribution in [0.3, 0.4) is 0 Å². The third-order valence-corrected chi connectivity index (χ3v) is 4.58. The number of nitrogens with one attached hydrogen (secondary N) is 2. The molecule has 2 aliphatic heterocycles. The zero-order valence-corrected chi connectivity index (χ0v) is 13.9. The Labute approximate surface area is 128 Å². The summed E-state index contributed by atoms with van der Waals surface area (Å²) in [4.78, 5) is 14.3. The van der Waals surface area contributed by atoms with E-state index < -0.39 is 0 Å². The van der Waals surface area contributed by atoms with Gasteiger partial charge in [-0.2, -0.15) is 0 Å². The van der Waals surface area contributed by atoms with Gasteiger partial charge in [0.15, 0.2) is 0 Å². The van der Waals surface area contributed by atoms with Crippen molar-refractivity contribution in [3.63, 3.8) is 0 Å². The van der Waals surface area contributed by atoms with Crippen LogP contribution < -0.4 is 10.6 Å². The van der Waals surface area contributed by atoms with Crippen molar-refractivity contribution in [2.75, 3.05) is 19.7 Å². The first-order valence-corrected chi connectivity index (χ1v) is 8.16. The number of aliphatic hydroxyl groups excluding tert-OH is 1. The smallest absolute Gasteiger partial charge is 0.317 e. The summed E-state index contributed by atoms with van der Waals surface area (Å²) >= 11 is 0. The van der Waals surface area contributed by atoms with Gasteiger partial charge in [0, 0.05) is 36.8 Å². The lowest BCUT2D eigenvalue weighted by atomic mass is 9.79. The first-order chi connectivity index (χ1) is 9.71. The summed E-state index contributed by atoms with van der Waals surface area (Å²) in [7, 11) is 0. The SMILES string of the molecule is CC1(C)CC(NC(=O)N2CCCC(CO)C2)CC(C)(C)N1. The zero-order chi connectivity index (χ0) is 15.7. The number of hydrogen-bond donors (Lipinski definition) is 3. The highest BCUT2D eigenvalue weighted by molar-refractivity contribution is 5.74. The van der Waals surface area contributed by atoms with E-state index in [1.165, 1.54) is 0 Å². The van der Waals surface area contributed by atoms with Gasteiger partial charge in [-0.3, -0.25) is 0 Å². The summed E-state index contributed by atoms with van der Waals surface area (Å²) in [6, 6.07) is 0.241. The molecule has 2 rings (SSSR count). The highest BCUT2D eigenvalue weighted by atomic mass is 16.3. The fourth-order valence-electron chi connectivity index (χ4n) is 4.09. The Balaban J connectivity index is 1.92. The Hall–Kier alpha value is -0.810. The minimum Gasteiger partial charge on any atom is -0.396 e. The highest BCUT2D eigenvalue weighted by Gasteiger charge is 2.38. The van der Waals surface area contributed by atoms with Crippen molar-refractivity contribution in [1.82, 2.24) is 15.5 Å². The van der Waals surface area contributed by atoms with E-state index in [4.69, 9.17) is 0 Å². The molecular weight excluding hydrogens is 266 g/mol. The van der Waals surface area contributed by atoms with Gasteiger partial charge in [-0.05, 0) is 59.3 Å². The maximum atomic E-state index is 12.5. The molecule has 0 aromatic carbocycles. The number of aliphatic hydroxyl groups is 1. The summed E-state index contributed by atoms with van der Waals surface area (Å²) in [5, 5.41) is 16.1. The second-order valence-corrected chi connectivity index (χ2v) is 8.08. The molecule has 5 heteroatoms. The van der Waals surface area contributed by atoms with Gasteiger partial charge in [-0.25, -0.2) is 4.79 Å². The first-order valence-electron chi connectivity index (χ1n) is 8.16. The summed E-state index contributed by atoms with van der Waals surface area (Å²) in [6.45, 7) is 10.4. The van der Waals surface area contributed by atoms with Gasteiger partial charge in [0.25, 0.3) is 0 Å². The monoisotopic (exact) mass is 297 g/mol. The van der Waals surface area contributed by atoms with Crippen LogP contribution in [0.2, 0.25) is 0 Å². The Kier molecular flexibility index (Phi) is 4.83. The van der Waals surface area contributed by atoms with Crippen LogP contribution in [0.15, 0.2) is 0 Å². The Bertz CT molecular complexity index is 366. The van der Waals surface area contributed by atoms with Crippen LogP contribution in [-0.4, -0.2) is 52.9 Å². The third-order valence-electron chi connectivity index (χ3n) is 4.58. The maximum Gasteiger partial charge on any atom is 0.317 e. The fraction of sp³-hybridized carbons (Fsp3) is 0.938. The summed E-state index contributed by atoms with van der Waals surface area (Å²) in [5.74, 6) is 0.241. The lowest BCUT2D eigenvalue weighted by molar-refractivity contribution is 0.115. The molecule has 122 valence electrons. The second kappa shape index (κ2) is 6.13. The highest BCUT2D eigenvalue weighted by Crippen LogP contribution is 2.28. The Morgan fingerprint density at radius 3 is 2.48 bits per heavy atom. The number of amides is 2. The molecule has 0 saturated carbocycles. The molecule has 3 N–H and O–H groups in total. The number of hydrogen-bond acceptors (Lipinski definition) is 3. The van der Waals surface area contributed by atoms with Gasteiger partial charge in [0.05, 0.1) is 0 Å². The van der Waals surface area contributed by atoms with E-state index in [0.29, 0.717) is 6.54 Å². The normalized spacial score (nSPS) is 29.2. The van der Waals surface area contributed by atoms with Gasteiger partial charge in [-0.15, -0.1) is 0 Å². The van der Waals surface area contributed by atoms with Gasteiger partial charge < -0.3 is 20.6 Å². The van der Waals surface area contributed by atoms with Crippen LogP contribution in [-0.2, 0) is 0 Å². The zero-order valence-electron chi connectivity index (χ0n) is 13.9. The number of urea groups is 1. The molecule has 2 fully saturated rings. The number of carbonyl (C=O) groups is 1. The summed E-state index contributed by atoms with van der Waals surface area (Å²) < 4.78 is 0. The van der Waals surface area contributed by atoms with Crippen LogP contribution in [0.5, 0.6) is 0 Å². The first kappa shape index (κ1) is 16.6. The summed E-state index contributed by atoms with van der Waals surface area (Å²) in [6.07, 6.45) is 3.90. The van der Waals surface area contributed by atoms with Crippen molar-refractivity contribution in [2.45, 2.75) is 70.5 Å². The Morgan fingerprint density at radius 2 is 1.90 bits per heavy atom. The van der Waals surface area contributed by atoms with Crippen LogP contribution in [0.25, 0.3) is 0 Å². The van der Waals surface area contributed by atoms with E-state index >= 15 is 0 Å². The van der Waals surface area contributed by atoms with Crippen molar-refractivity contribution in [1.29, 1.82) is 0 Å². The molecule has 1 atom stereocenters. The predicted molar refractivity (Wildman–Crippen MR) is 84.2 cm³/mol. The number of likely N-dealkylation sites (tertiary alicyclic amines) is 1. The molecule has 0 aromatic heterocycles. The largest absolute Gasteiger partial charge is 0.396 e. The molecule has 21 heavy (non-hydrogen) atoms. The lowest BCUT2D eigenvalue weighted by Gasteiger charge is -2.47. The second-order valence-electron chi connectivity index (χ2n) is 8.08. The number of nitrogens with zero attached hydrogens (tertiary/aromatic N) is 1. The standard InChI is InChI=1S/C16H31N3O2/c1-15(2)8-13(9-16(3,4)18-15)17-14(21)19-7-5-6-12(10-19)11-20/h12-13,18,20H,5-11H2,1-4H3,(H,17,21). The summed E-state index contributed by atoms with van der Waals surface area (Å²) in [5.41, 5.74) is 0.0739. The van der Waals surface area contributed by atoms with Gasteiger partial charge in [0.1, 0.15) is 0 Å². The van der Waals surface area contributed by atoms with Crippen molar-refractivity contribution < 1.29 is 9.90 Å². The number of rotatable bonds is 2. The molecular formula is C16H31N3O2. The molecule has 0 aliphatic carbocycles. The van der Waals surface area contributed by atoms with E-state index in [2.05, 4.69) is 38.3 Å². The van der Waals surface area contributed by atoms with E-state index in [1.807, 2.05) is 4.90 Å². The molecule has 2 aliphatic rings. The fourth-order valence-corrected chi connectivity index (χ4v) is 4.09. The van der Waals surface area contributed by atoms with Crippen LogP contribution in [0.4, 0.5) is 4.79 Å². The molecule has 2 saturated heterocycles. The van der Waals surface area contributed by atoms with E-state index in [1.54, 1.807) is 0 Å². The third kappa shape index (κ3) is 4.58. The maximum absolute atomic E-state index is 12.5. The van der Waals surface area contributed by atoms with Crippen molar-refractivity contribution in [3.8, 4) is 0 Å². The number of piperidine rings is 2. The minimum atomic E-state index is 0.0339. The molecule has 2 heterocycles. The Morgan fingerprint density at radius 1 is 1.29 bits per heavy atom. The van der Waals surface area contributed by atoms with Crippen LogP contribution in [0.1, 0.15) is 53.4 Å². The van der Waals surface area contributed by atoms with E-state index in [-0.39, 0.29) is 35.7 Å². The van der Waals surface area contributed by atoms with Crippen molar-refractivity contribution >= 4 is 6.03 Å². The molecule has 0 aromatic rings. The predicted octanol–water partition coefficient (Wildman–Crippen LogP) is 1.71. The van der Waals surface area contributed by atoms with Gasteiger partial charge in [0.2, 0.25) is 0 Å². The van der Waals surface area contributed by atoms with Gasteiger partial charge in [-0.1, -0.05) is 0 Å². The molecule has 0 spiro atoms. The topological polar surface area (TPSA) is 64.6 Å². The lowest BCUT2D eigenvalue weighted by Crippen LogP contribution is -2.63. The average Bonchev–Trinajstić information content (AvgIpc) is 2.35.